The van der Waals surface area contributed by atoms with E-state index in [9.17, 15) is 9.59 Å². The molecule has 0 aliphatic carbocycles. The van der Waals surface area contributed by atoms with Crippen LogP contribution in [-0.4, -0.2) is 43.4 Å². The first kappa shape index (κ1) is 45.5. The zero-order valence-electron chi connectivity index (χ0n) is 31.5. The van der Waals surface area contributed by atoms with Crippen molar-refractivity contribution in [3.8, 4) is 0 Å². The summed E-state index contributed by atoms with van der Waals surface area (Å²) in [5.74, 6) is 1.78. The summed E-state index contributed by atoms with van der Waals surface area (Å²) in [5, 5.41) is 16.9. The fourth-order valence-electron chi connectivity index (χ4n) is 7.08. The van der Waals surface area contributed by atoms with Gasteiger partial charge < -0.3 is 26.8 Å². The molecule has 0 saturated carbocycles. The standard InChI is InChI=1S/C40H82N4O3/c1-3-5-7-9-11-17-23-29-37(31-25-19-13-15-21-27-34-42-39(45)43-36-33-41)38(30-24-18-12-10-8-6-4-2)32-26-20-14-16-22-28-35-44-40(46)47/h37-38,44H,3-36,41H2,1-2H3,(H,46,47)(H2,42,43,45). The van der Waals surface area contributed by atoms with Crippen LogP contribution in [0.5, 0.6) is 0 Å². The van der Waals surface area contributed by atoms with Crippen molar-refractivity contribution in [1.82, 2.24) is 16.0 Å². The van der Waals surface area contributed by atoms with Gasteiger partial charge in [-0.15, -0.1) is 0 Å². The maximum atomic E-state index is 11.7. The summed E-state index contributed by atoms with van der Waals surface area (Å²) in [6, 6.07) is -0.0981. The largest absolute Gasteiger partial charge is 0.465 e. The van der Waals surface area contributed by atoms with E-state index < -0.39 is 6.09 Å². The highest BCUT2D eigenvalue weighted by atomic mass is 16.4. The van der Waals surface area contributed by atoms with Crippen LogP contribution in [0.2, 0.25) is 0 Å². The molecule has 280 valence electrons. The minimum atomic E-state index is -0.905. The van der Waals surface area contributed by atoms with Crippen LogP contribution in [0.3, 0.4) is 0 Å². The smallest absolute Gasteiger partial charge is 0.404 e. The van der Waals surface area contributed by atoms with Crippen molar-refractivity contribution in [3.05, 3.63) is 0 Å². The number of carbonyl (C=O) groups is 2. The normalized spacial score (nSPS) is 12.6. The van der Waals surface area contributed by atoms with Gasteiger partial charge in [-0.25, -0.2) is 9.59 Å². The summed E-state index contributed by atoms with van der Waals surface area (Å²) in [6.45, 7) is 6.95. The number of amides is 3. The predicted molar refractivity (Wildman–Crippen MR) is 203 cm³/mol. The van der Waals surface area contributed by atoms with Crippen LogP contribution in [0, 0.1) is 11.8 Å². The molecule has 0 aromatic rings. The first-order valence-electron chi connectivity index (χ1n) is 20.7. The summed E-state index contributed by atoms with van der Waals surface area (Å²) in [5.41, 5.74) is 5.44. The van der Waals surface area contributed by atoms with Gasteiger partial charge in [-0.2, -0.15) is 0 Å². The average molecular weight is 667 g/mol. The number of nitrogens with two attached hydrogens (primary N) is 1. The van der Waals surface area contributed by atoms with Gasteiger partial charge in [0.15, 0.2) is 0 Å². The van der Waals surface area contributed by atoms with Crippen molar-refractivity contribution >= 4 is 12.1 Å². The van der Waals surface area contributed by atoms with Gasteiger partial charge in [0.1, 0.15) is 0 Å². The highest BCUT2D eigenvalue weighted by molar-refractivity contribution is 5.73. The van der Waals surface area contributed by atoms with E-state index >= 15 is 0 Å². The summed E-state index contributed by atoms with van der Waals surface area (Å²) in [6.07, 6.45) is 39.2. The van der Waals surface area contributed by atoms with Crippen LogP contribution in [0.1, 0.15) is 206 Å². The molecule has 2 unspecified atom stereocenters. The summed E-state index contributed by atoms with van der Waals surface area (Å²) < 4.78 is 0. The van der Waals surface area contributed by atoms with Crippen LogP contribution in [0.4, 0.5) is 9.59 Å². The Morgan fingerprint density at radius 3 is 1.09 bits per heavy atom. The second-order valence-corrected chi connectivity index (χ2v) is 14.4. The molecule has 0 rings (SSSR count). The fourth-order valence-corrected chi connectivity index (χ4v) is 7.08. The van der Waals surface area contributed by atoms with E-state index in [0.717, 1.165) is 37.6 Å². The maximum absolute atomic E-state index is 11.7. The number of carboxylic acid groups (broad SMARTS) is 1. The van der Waals surface area contributed by atoms with Crippen LogP contribution in [0.15, 0.2) is 0 Å². The van der Waals surface area contributed by atoms with E-state index in [4.69, 9.17) is 10.8 Å². The van der Waals surface area contributed by atoms with Crippen molar-refractivity contribution in [2.24, 2.45) is 17.6 Å². The van der Waals surface area contributed by atoms with Gasteiger partial charge in [0.25, 0.3) is 0 Å². The summed E-state index contributed by atoms with van der Waals surface area (Å²) in [4.78, 5) is 22.3. The first-order valence-corrected chi connectivity index (χ1v) is 20.7. The summed E-state index contributed by atoms with van der Waals surface area (Å²) in [7, 11) is 0. The number of hydrogen-bond acceptors (Lipinski definition) is 3. The SMILES string of the molecule is CCCCCCCCCC(CCCCCCCCNC(=O)O)C(CCCCCCCCC)CCCCCCCCNC(=O)NCCN. The molecule has 2 atom stereocenters. The molecule has 6 N–H and O–H groups in total. The van der Waals surface area contributed by atoms with Crippen molar-refractivity contribution in [3.63, 3.8) is 0 Å². The number of nitrogens with one attached hydrogen (secondary N) is 3. The molecule has 0 aliphatic heterocycles. The second kappa shape index (κ2) is 37.3. The van der Waals surface area contributed by atoms with E-state index in [2.05, 4.69) is 29.8 Å². The van der Waals surface area contributed by atoms with E-state index in [1.165, 1.54) is 173 Å². The maximum Gasteiger partial charge on any atom is 0.404 e. The quantitative estimate of drug-likeness (QED) is 0.0424. The molecule has 47 heavy (non-hydrogen) atoms. The van der Waals surface area contributed by atoms with Gasteiger partial charge in [-0.3, -0.25) is 0 Å². The molecule has 0 aliphatic rings. The lowest BCUT2D eigenvalue weighted by atomic mass is 9.78. The lowest BCUT2D eigenvalue weighted by Gasteiger charge is -2.28. The first-order chi connectivity index (χ1) is 23.0. The van der Waals surface area contributed by atoms with Crippen LogP contribution in [-0.2, 0) is 0 Å². The zero-order chi connectivity index (χ0) is 34.5. The number of hydrogen-bond donors (Lipinski definition) is 5. The van der Waals surface area contributed by atoms with E-state index in [1.54, 1.807) is 0 Å². The average Bonchev–Trinajstić information content (AvgIpc) is 3.06. The topological polar surface area (TPSA) is 116 Å². The van der Waals surface area contributed by atoms with Crippen LogP contribution in [0.25, 0.3) is 0 Å². The lowest BCUT2D eigenvalue weighted by molar-refractivity contribution is 0.194. The van der Waals surface area contributed by atoms with Crippen molar-refractivity contribution in [1.29, 1.82) is 0 Å². The zero-order valence-corrected chi connectivity index (χ0v) is 31.5. The fraction of sp³-hybridized carbons (Fsp3) is 0.950. The molecule has 0 bridgehead atoms. The van der Waals surface area contributed by atoms with E-state index in [-0.39, 0.29) is 6.03 Å². The minimum Gasteiger partial charge on any atom is -0.465 e. The highest BCUT2D eigenvalue weighted by Crippen LogP contribution is 2.33. The van der Waals surface area contributed by atoms with Gasteiger partial charge >= 0.3 is 12.1 Å². The molecule has 0 spiro atoms. The second-order valence-electron chi connectivity index (χ2n) is 14.4. The molecule has 0 aromatic carbocycles. The third-order valence-corrected chi connectivity index (χ3v) is 10.0. The molecule has 0 aromatic heterocycles. The van der Waals surface area contributed by atoms with E-state index in [1.807, 2.05) is 0 Å². The van der Waals surface area contributed by atoms with Gasteiger partial charge in [0.2, 0.25) is 0 Å². The molecular weight excluding hydrogens is 584 g/mol. The molecule has 0 saturated heterocycles. The van der Waals surface area contributed by atoms with E-state index in [0.29, 0.717) is 19.6 Å². The van der Waals surface area contributed by atoms with Gasteiger partial charge in [-0.05, 0) is 24.7 Å². The molecular formula is C40H82N4O3. The molecule has 7 nitrogen and oxygen atoms in total. The Labute approximate surface area is 292 Å². The Bertz CT molecular complexity index is 663. The highest BCUT2D eigenvalue weighted by Gasteiger charge is 2.20. The third-order valence-electron chi connectivity index (χ3n) is 10.0. The Morgan fingerprint density at radius 1 is 0.447 bits per heavy atom. The molecule has 7 heteroatoms. The number of rotatable bonds is 37. The van der Waals surface area contributed by atoms with Crippen molar-refractivity contribution in [2.45, 2.75) is 206 Å². The van der Waals surface area contributed by atoms with Crippen LogP contribution < -0.4 is 21.7 Å². The van der Waals surface area contributed by atoms with Crippen molar-refractivity contribution in [2.75, 3.05) is 26.2 Å². The lowest BCUT2D eigenvalue weighted by Crippen LogP contribution is -2.38. The Hall–Kier alpha value is -1.50. The van der Waals surface area contributed by atoms with Gasteiger partial charge in [-0.1, -0.05) is 194 Å². The Kier molecular flexibility index (Phi) is 36.1. The molecule has 0 radical (unpaired) electrons. The third kappa shape index (κ3) is 34.2. The predicted octanol–water partition coefficient (Wildman–Crippen LogP) is 11.5. The molecule has 3 amide bonds. The minimum absolute atomic E-state index is 0.0981. The molecule has 0 heterocycles. The Morgan fingerprint density at radius 2 is 0.745 bits per heavy atom. The van der Waals surface area contributed by atoms with Crippen molar-refractivity contribution < 1.29 is 14.7 Å². The Balaban J connectivity index is 4.75. The molecule has 0 fully saturated rings. The number of urea groups is 1. The summed E-state index contributed by atoms with van der Waals surface area (Å²) >= 11 is 0. The number of carbonyl (C=O) groups excluding carboxylic acids is 1. The number of unbranched alkanes of at least 4 members (excludes halogenated alkanes) is 22. The van der Waals surface area contributed by atoms with Crippen LogP contribution >= 0.6 is 0 Å². The van der Waals surface area contributed by atoms with Gasteiger partial charge in [0, 0.05) is 26.2 Å². The van der Waals surface area contributed by atoms with Gasteiger partial charge in [0.05, 0.1) is 0 Å². The monoisotopic (exact) mass is 667 g/mol.